The summed E-state index contributed by atoms with van der Waals surface area (Å²) in [5.41, 5.74) is 1.91. The molecule has 0 radical (unpaired) electrons. The van der Waals surface area contributed by atoms with Crippen LogP contribution in [0.3, 0.4) is 0 Å². The standard InChI is InChI=1S/C14H17ClN4/c1-14(6-2-7-17-14)10-19-8-5-13(18-19)12-4-3-11(15)9-16-12/h3-5,8-9,17H,2,6-7,10H2,1H3/t14-/m0/s1. The highest BCUT2D eigenvalue weighted by Crippen LogP contribution is 2.22. The lowest BCUT2D eigenvalue weighted by atomic mass is 10.0. The molecule has 2 aromatic heterocycles. The summed E-state index contributed by atoms with van der Waals surface area (Å²) in [5, 5.41) is 8.78. The molecule has 100 valence electrons. The van der Waals surface area contributed by atoms with E-state index in [1.165, 1.54) is 12.8 Å². The van der Waals surface area contributed by atoms with Crippen LogP contribution < -0.4 is 5.32 Å². The van der Waals surface area contributed by atoms with Gasteiger partial charge in [0, 0.05) is 17.9 Å². The Morgan fingerprint density at radius 3 is 2.95 bits per heavy atom. The molecule has 0 bridgehead atoms. The second-order valence-electron chi connectivity index (χ2n) is 5.35. The number of nitrogens with zero attached hydrogens (tertiary/aromatic N) is 3. The van der Waals surface area contributed by atoms with Crippen LogP contribution in [0.25, 0.3) is 11.4 Å². The Kier molecular flexibility index (Phi) is 3.29. The molecule has 0 spiro atoms. The van der Waals surface area contributed by atoms with Crippen molar-refractivity contribution in [2.75, 3.05) is 6.54 Å². The molecule has 5 heteroatoms. The van der Waals surface area contributed by atoms with Gasteiger partial charge < -0.3 is 5.32 Å². The summed E-state index contributed by atoms with van der Waals surface area (Å²) >= 11 is 5.84. The Balaban J connectivity index is 1.77. The lowest BCUT2D eigenvalue weighted by molar-refractivity contribution is 0.338. The molecule has 19 heavy (non-hydrogen) atoms. The summed E-state index contributed by atoms with van der Waals surface area (Å²) in [7, 11) is 0. The largest absolute Gasteiger partial charge is 0.310 e. The van der Waals surface area contributed by atoms with Crippen molar-refractivity contribution < 1.29 is 0 Å². The molecule has 0 unspecified atom stereocenters. The Bertz CT molecular complexity index is 555. The normalized spacial score (nSPS) is 22.8. The van der Waals surface area contributed by atoms with E-state index in [9.17, 15) is 0 Å². The Morgan fingerprint density at radius 2 is 2.26 bits per heavy atom. The fourth-order valence-corrected chi connectivity index (χ4v) is 2.68. The Morgan fingerprint density at radius 1 is 1.37 bits per heavy atom. The van der Waals surface area contributed by atoms with Gasteiger partial charge in [0.05, 0.1) is 17.3 Å². The molecule has 3 heterocycles. The summed E-state index contributed by atoms with van der Waals surface area (Å²) in [5.74, 6) is 0. The first-order valence-corrected chi connectivity index (χ1v) is 6.93. The number of hydrogen-bond acceptors (Lipinski definition) is 3. The first kappa shape index (κ1) is 12.6. The van der Waals surface area contributed by atoms with E-state index >= 15 is 0 Å². The second kappa shape index (κ2) is 4.94. The van der Waals surface area contributed by atoms with Gasteiger partial charge in [0.15, 0.2) is 0 Å². The van der Waals surface area contributed by atoms with Crippen molar-refractivity contribution in [3.05, 3.63) is 35.6 Å². The van der Waals surface area contributed by atoms with Crippen LogP contribution in [-0.4, -0.2) is 26.8 Å². The third-order valence-corrected chi connectivity index (χ3v) is 3.82. The highest BCUT2D eigenvalue weighted by atomic mass is 35.5. The van der Waals surface area contributed by atoms with E-state index in [1.807, 2.05) is 29.1 Å². The van der Waals surface area contributed by atoms with Gasteiger partial charge >= 0.3 is 0 Å². The van der Waals surface area contributed by atoms with Gasteiger partial charge in [0.25, 0.3) is 0 Å². The summed E-state index contributed by atoms with van der Waals surface area (Å²) < 4.78 is 1.99. The minimum atomic E-state index is 0.163. The summed E-state index contributed by atoms with van der Waals surface area (Å²) in [6, 6.07) is 5.72. The van der Waals surface area contributed by atoms with Crippen LogP contribution >= 0.6 is 11.6 Å². The molecule has 2 aromatic rings. The summed E-state index contributed by atoms with van der Waals surface area (Å²) in [4.78, 5) is 4.29. The quantitative estimate of drug-likeness (QED) is 0.937. The van der Waals surface area contributed by atoms with Crippen molar-refractivity contribution in [3.63, 3.8) is 0 Å². The topological polar surface area (TPSA) is 42.7 Å². The van der Waals surface area contributed by atoms with Crippen molar-refractivity contribution in [2.45, 2.75) is 31.8 Å². The third kappa shape index (κ3) is 2.80. The molecule has 0 aromatic carbocycles. The van der Waals surface area contributed by atoms with Gasteiger partial charge in [-0.05, 0) is 44.5 Å². The molecular weight excluding hydrogens is 260 g/mol. The monoisotopic (exact) mass is 276 g/mol. The van der Waals surface area contributed by atoms with E-state index in [2.05, 4.69) is 22.3 Å². The second-order valence-corrected chi connectivity index (χ2v) is 5.79. The Labute approximate surface area is 117 Å². The zero-order valence-corrected chi connectivity index (χ0v) is 11.7. The molecule has 1 atom stereocenters. The van der Waals surface area contributed by atoms with E-state index in [0.29, 0.717) is 5.02 Å². The van der Waals surface area contributed by atoms with Gasteiger partial charge in [-0.3, -0.25) is 9.67 Å². The van der Waals surface area contributed by atoms with Crippen molar-refractivity contribution >= 4 is 11.6 Å². The highest BCUT2D eigenvalue weighted by molar-refractivity contribution is 6.30. The summed E-state index contributed by atoms with van der Waals surface area (Å²) in [6.07, 6.45) is 6.09. The van der Waals surface area contributed by atoms with E-state index in [1.54, 1.807) is 6.20 Å². The highest BCUT2D eigenvalue weighted by Gasteiger charge is 2.28. The van der Waals surface area contributed by atoms with Crippen LogP contribution in [0.1, 0.15) is 19.8 Å². The zero-order valence-electron chi connectivity index (χ0n) is 10.9. The average Bonchev–Trinajstić information content (AvgIpc) is 3.00. The minimum Gasteiger partial charge on any atom is -0.310 e. The van der Waals surface area contributed by atoms with Crippen LogP contribution in [0, 0.1) is 0 Å². The molecule has 4 nitrogen and oxygen atoms in total. The minimum absolute atomic E-state index is 0.163. The number of nitrogens with one attached hydrogen (secondary N) is 1. The molecule has 3 rings (SSSR count). The van der Waals surface area contributed by atoms with E-state index in [0.717, 1.165) is 24.5 Å². The predicted molar refractivity (Wildman–Crippen MR) is 76.1 cm³/mol. The number of hydrogen-bond donors (Lipinski definition) is 1. The number of rotatable bonds is 3. The molecule has 1 aliphatic heterocycles. The van der Waals surface area contributed by atoms with Crippen LogP contribution in [0.2, 0.25) is 5.02 Å². The molecular formula is C14H17ClN4. The lowest BCUT2D eigenvalue weighted by Gasteiger charge is -2.23. The smallest absolute Gasteiger partial charge is 0.111 e. The van der Waals surface area contributed by atoms with Gasteiger partial charge in [-0.25, -0.2) is 0 Å². The molecule has 1 fully saturated rings. The van der Waals surface area contributed by atoms with Crippen LogP contribution in [0.15, 0.2) is 30.6 Å². The number of halogens is 1. The fourth-order valence-electron chi connectivity index (χ4n) is 2.56. The van der Waals surface area contributed by atoms with Gasteiger partial charge in [0.1, 0.15) is 5.69 Å². The average molecular weight is 277 g/mol. The molecule has 1 saturated heterocycles. The van der Waals surface area contributed by atoms with Crippen LogP contribution in [-0.2, 0) is 6.54 Å². The van der Waals surface area contributed by atoms with Crippen molar-refractivity contribution in [2.24, 2.45) is 0 Å². The van der Waals surface area contributed by atoms with Gasteiger partial charge in [-0.15, -0.1) is 0 Å². The van der Waals surface area contributed by atoms with Crippen molar-refractivity contribution in [1.29, 1.82) is 0 Å². The predicted octanol–water partition coefficient (Wildman–Crippen LogP) is 2.74. The number of pyridine rings is 1. The number of aromatic nitrogens is 3. The molecule has 1 N–H and O–H groups in total. The van der Waals surface area contributed by atoms with Gasteiger partial charge in [-0.2, -0.15) is 5.10 Å². The lowest BCUT2D eigenvalue weighted by Crippen LogP contribution is -2.40. The maximum Gasteiger partial charge on any atom is 0.111 e. The molecule has 0 aliphatic carbocycles. The van der Waals surface area contributed by atoms with Crippen LogP contribution in [0.4, 0.5) is 0 Å². The molecule has 1 aliphatic rings. The maximum atomic E-state index is 5.84. The fraction of sp³-hybridized carbons (Fsp3) is 0.429. The third-order valence-electron chi connectivity index (χ3n) is 3.60. The van der Waals surface area contributed by atoms with Crippen molar-refractivity contribution in [3.8, 4) is 11.4 Å². The molecule has 0 amide bonds. The van der Waals surface area contributed by atoms with Gasteiger partial charge in [-0.1, -0.05) is 11.6 Å². The SMILES string of the molecule is C[C@@]1(Cn2ccc(-c3ccc(Cl)cn3)n2)CCCN1. The first-order chi connectivity index (χ1) is 9.15. The Hall–Kier alpha value is -1.39. The van der Waals surface area contributed by atoms with Crippen molar-refractivity contribution in [1.82, 2.24) is 20.1 Å². The first-order valence-electron chi connectivity index (χ1n) is 6.55. The summed E-state index contributed by atoms with van der Waals surface area (Å²) in [6.45, 7) is 4.24. The van der Waals surface area contributed by atoms with E-state index in [4.69, 9.17) is 11.6 Å². The van der Waals surface area contributed by atoms with Crippen LogP contribution in [0.5, 0.6) is 0 Å². The van der Waals surface area contributed by atoms with E-state index < -0.39 is 0 Å². The maximum absolute atomic E-state index is 5.84. The van der Waals surface area contributed by atoms with Gasteiger partial charge in [0.2, 0.25) is 0 Å². The molecule has 0 saturated carbocycles. The zero-order chi connectivity index (χ0) is 13.3. The van der Waals surface area contributed by atoms with E-state index in [-0.39, 0.29) is 5.54 Å².